The highest BCUT2D eigenvalue weighted by Crippen LogP contribution is 2.14. The Labute approximate surface area is 85.9 Å². The molecule has 13 heavy (non-hydrogen) atoms. The second-order valence-corrected chi connectivity index (χ2v) is 3.80. The molecule has 0 amide bonds. The van der Waals surface area contributed by atoms with E-state index in [0.717, 1.165) is 25.1 Å². The molecule has 0 N–H and O–H groups in total. The average Bonchev–Trinajstić information content (AvgIpc) is 2.15. The summed E-state index contributed by atoms with van der Waals surface area (Å²) in [7, 11) is 0. The van der Waals surface area contributed by atoms with Crippen LogP contribution in [0.3, 0.4) is 0 Å². The Morgan fingerprint density at radius 3 is 2.62 bits per heavy atom. The highest BCUT2D eigenvalue weighted by molar-refractivity contribution is 6.17. The normalized spacial score (nSPS) is 10.4. The molecule has 0 nitrogen and oxygen atoms in total. The third kappa shape index (κ3) is 3.04. The van der Waals surface area contributed by atoms with E-state index in [-0.39, 0.29) is 0 Å². The maximum atomic E-state index is 5.69. The molecule has 0 spiro atoms. The summed E-state index contributed by atoms with van der Waals surface area (Å²) in [6, 6.07) is 6.70. The first kappa shape index (κ1) is 10.6. The molecule has 1 heteroatoms. The van der Waals surface area contributed by atoms with Crippen LogP contribution in [0, 0.1) is 6.92 Å². The third-order valence-electron chi connectivity index (χ3n) is 2.32. The van der Waals surface area contributed by atoms with Crippen molar-refractivity contribution >= 4 is 11.6 Å². The van der Waals surface area contributed by atoms with E-state index in [4.69, 9.17) is 11.6 Å². The van der Waals surface area contributed by atoms with Gasteiger partial charge in [-0.3, -0.25) is 0 Å². The van der Waals surface area contributed by atoms with Crippen LogP contribution >= 0.6 is 11.6 Å². The van der Waals surface area contributed by atoms with Crippen LogP contribution in [0.4, 0.5) is 0 Å². The summed E-state index contributed by atoms with van der Waals surface area (Å²) in [5, 5.41) is 0. The molecular formula is C12H17Cl. The van der Waals surface area contributed by atoms with Crippen molar-refractivity contribution in [3.63, 3.8) is 0 Å². The summed E-state index contributed by atoms with van der Waals surface area (Å²) in [6.45, 7) is 4.35. The summed E-state index contributed by atoms with van der Waals surface area (Å²) < 4.78 is 0. The summed E-state index contributed by atoms with van der Waals surface area (Å²) in [5.41, 5.74) is 4.29. The zero-order chi connectivity index (χ0) is 9.68. The van der Waals surface area contributed by atoms with Gasteiger partial charge in [-0.15, -0.1) is 11.6 Å². The first-order valence-corrected chi connectivity index (χ1v) is 5.45. The molecule has 0 aliphatic rings. The molecule has 0 unspecified atom stereocenters. The molecule has 0 fully saturated rings. The number of aryl methyl sites for hydroxylation is 3. The molecule has 0 aliphatic carbocycles. The Balaban J connectivity index is 2.81. The fourth-order valence-electron chi connectivity index (χ4n) is 1.59. The molecule has 0 bridgehead atoms. The number of hydrogen-bond acceptors (Lipinski definition) is 0. The first-order valence-electron chi connectivity index (χ1n) is 4.92. The lowest BCUT2D eigenvalue weighted by Crippen LogP contribution is -1.94. The van der Waals surface area contributed by atoms with Crippen LogP contribution in [0.5, 0.6) is 0 Å². The van der Waals surface area contributed by atoms with E-state index >= 15 is 0 Å². The number of alkyl halides is 1. The van der Waals surface area contributed by atoms with Crippen molar-refractivity contribution in [3.8, 4) is 0 Å². The minimum absolute atomic E-state index is 0.761. The standard InChI is InChI=1S/C12H17Cl/c1-3-11-7-6-10(2)9-12(11)5-4-8-13/h6-7,9H,3-5,8H2,1-2H3. The van der Waals surface area contributed by atoms with Gasteiger partial charge in [0.05, 0.1) is 0 Å². The molecular weight excluding hydrogens is 180 g/mol. The van der Waals surface area contributed by atoms with Gasteiger partial charge in [0, 0.05) is 5.88 Å². The van der Waals surface area contributed by atoms with E-state index in [1.54, 1.807) is 0 Å². The molecule has 0 aliphatic heterocycles. The lowest BCUT2D eigenvalue weighted by molar-refractivity contribution is 0.903. The zero-order valence-corrected chi connectivity index (χ0v) is 9.19. The highest BCUT2D eigenvalue weighted by Gasteiger charge is 2.00. The summed E-state index contributed by atoms with van der Waals surface area (Å²) >= 11 is 5.69. The molecule has 0 heterocycles. The predicted molar refractivity (Wildman–Crippen MR) is 59.6 cm³/mol. The Hall–Kier alpha value is -0.490. The van der Waals surface area contributed by atoms with Gasteiger partial charge >= 0.3 is 0 Å². The lowest BCUT2D eigenvalue weighted by atomic mass is 9.99. The Morgan fingerprint density at radius 2 is 2.00 bits per heavy atom. The summed E-state index contributed by atoms with van der Waals surface area (Å²) in [4.78, 5) is 0. The van der Waals surface area contributed by atoms with E-state index in [1.165, 1.54) is 16.7 Å². The quantitative estimate of drug-likeness (QED) is 0.644. The maximum Gasteiger partial charge on any atom is 0.0226 e. The van der Waals surface area contributed by atoms with Crippen molar-refractivity contribution in [2.24, 2.45) is 0 Å². The van der Waals surface area contributed by atoms with E-state index < -0.39 is 0 Å². The highest BCUT2D eigenvalue weighted by atomic mass is 35.5. The number of rotatable bonds is 4. The van der Waals surface area contributed by atoms with Crippen molar-refractivity contribution in [3.05, 3.63) is 34.9 Å². The van der Waals surface area contributed by atoms with Crippen molar-refractivity contribution in [2.75, 3.05) is 5.88 Å². The average molecular weight is 197 g/mol. The van der Waals surface area contributed by atoms with Crippen molar-refractivity contribution in [1.82, 2.24) is 0 Å². The van der Waals surface area contributed by atoms with Gasteiger partial charge < -0.3 is 0 Å². The van der Waals surface area contributed by atoms with E-state index in [9.17, 15) is 0 Å². The van der Waals surface area contributed by atoms with Gasteiger partial charge in [-0.05, 0) is 37.3 Å². The van der Waals surface area contributed by atoms with Crippen molar-refractivity contribution in [2.45, 2.75) is 33.1 Å². The number of hydrogen-bond donors (Lipinski definition) is 0. The molecule has 0 saturated carbocycles. The van der Waals surface area contributed by atoms with Gasteiger partial charge in [-0.25, -0.2) is 0 Å². The Bertz CT molecular complexity index is 266. The lowest BCUT2D eigenvalue weighted by Gasteiger charge is -2.07. The van der Waals surface area contributed by atoms with E-state index in [2.05, 4.69) is 32.0 Å². The minimum Gasteiger partial charge on any atom is -0.127 e. The Kier molecular flexibility index (Phi) is 4.31. The zero-order valence-electron chi connectivity index (χ0n) is 8.44. The van der Waals surface area contributed by atoms with Crippen LogP contribution in [-0.2, 0) is 12.8 Å². The van der Waals surface area contributed by atoms with Gasteiger partial charge in [0.15, 0.2) is 0 Å². The third-order valence-corrected chi connectivity index (χ3v) is 2.59. The van der Waals surface area contributed by atoms with Gasteiger partial charge in [-0.2, -0.15) is 0 Å². The van der Waals surface area contributed by atoms with Crippen molar-refractivity contribution < 1.29 is 0 Å². The fourth-order valence-corrected chi connectivity index (χ4v) is 1.72. The molecule has 72 valence electrons. The monoisotopic (exact) mass is 196 g/mol. The van der Waals surface area contributed by atoms with E-state index in [0.29, 0.717) is 0 Å². The molecule has 0 saturated heterocycles. The summed E-state index contributed by atoms with van der Waals surface area (Å²) in [6.07, 6.45) is 3.32. The smallest absolute Gasteiger partial charge is 0.0226 e. The SMILES string of the molecule is CCc1ccc(C)cc1CCCCl. The summed E-state index contributed by atoms with van der Waals surface area (Å²) in [5.74, 6) is 0.761. The van der Waals surface area contributed by atoms with Crippen LogP contribution in [0.1, 0.15) is 30.0 Å². The van der Waals surface area contributed by atoms with Crippen molar-refractivity contribution in [1.29, 1.82) is 0 Å². The molecule has 1 aromatic carbocycles. The number of halogens is 1. The molecule has 0 aromatic heterocycles. The van der Waals surface area contributed by atoms with Crippen LogP contribution < -0.4 is 0 Å². The first-order chi connectivity index (χ1) is 6.27. The van der Waals surface area contributed by atoms with Gasteiger partial charge in [-0.1, -0.05) is 30.7 Å². The van der Waals surface area contributed by atoms with Crippen LogP contribution in [-0.4, -0.2) is 5.88 Å². The topological polar surface area (TPSA) is 0 Å². The van der Waals surface area contributed by atoms with Crippen LogP contribution in [0.2, 0.25) is 0 Å². The van der Waals surface area contributed by atoms with Gasteiger partial charge in [0.1, 0.15) is 0 Å². The molecule has 1 rings (SSSR count). The minimum atomic E-state index is 0.761. The van der Waals surface area contributed by atoms with Crippen LogP contribution in [0.25, 0.3) is 0 Å². The number of benzene rings is 1. The maximum absolute atomic E-state index is 5.69. The Morgan fingerprint density at radius 1 is 1.23 bits per heavy atom. The molecule has 1 aromatic rings. The van der Waals surface area contributed by atoms with Crippen LogP contribution in [0.15, 0.2) is 18.2 Å². The predicted octanol–water partition coefficient (Wildman–Crippen LogP) is 3.73. The van der Waals surface area contributed by atoms with Gasteiger partial charge in [0.2, 0.25) is 0 Å². The molecule has 0 atom stereocenters. The largest absolute Gasteiger partial charge is 0.127 e. The van der Waals surface area contributed by atoms with E-state index in [1.807, 2.05) is 0 Å². The fraction of sp³-hybridized carbons (Fsp3) is 0.500. The van der Waals surface area contributed by atoms with Gasteiger partial charge in [0.25, 0.3) is 0 Å². The second-order valence-electron chi connectivity index (χ2n) is 3.42. The molecule has 0 radical (unpaired) electrons. The second kappa shape index (κ2) is 5.29.